The van der Waals surface area contributed by atoms with Crippen molar-refractivity contribution in [1.82, 2.24) is 4.90 Å². The number of hydrogen-bond acceptors (Lipinski definition) is 4. The van der Waals surface area contributed by atoms with Crippen molar-refractivity contribution in [3.63, 3.8) is 0 Å². The summed E-state index contributed by atoms with van der Waals surface area (Å²) in [6, 6.07) is 5.38. The highest BCUT2D eigenvalue weighted by atomic mass is 16.5. The maximum atomic E-state index is 12.3. The number of methoxy groups -OCH3 is 1. The lowest BCUT2D eigenvalue weighted by molar-refractivity contribution is -0.120. The summed E-state index contributed by atoms with van der Waals surface area (Å²) in [5, 5.41) is 2.96. The van der Waals surface area contributed by atoms with E-state index in [-0.39, 0.29) is 18.1 Å². The zero-order chi connectivity index (χ0) is 14.7. The van der Waals surface area contributed by atoms with Gasteiger partial charge in [-0.1, -0.05) is 6.07 Å². The van der Waals surface area contributed by atoms with Crippen LogP contribution in [0.3, 0.4) is 0 Å². The molecule has 3 N–H and O–H groups in total. The summed E-state index contributed by atoms with van der Waals surface area (Å²) in [5.41, 5.74) is 8.23. The third-order valence-corrected chi connectivity index (χ3v) is 4.07. The van der Waals surface area contributed by atoms with Crippen molar-refractivity contribution in [2.75, 3.05) is 31.2 Å². The molecule has 110 valence electrons. The molecule has 1 aromatic carbocycles. The number of ether oxygens (including phenoxy) is 1. The molecule has 0 spiro atoms. The van der Waals surface area contributed by atoms with E-state index in [0.717, 1.165) is 30.8 Å². The van der Waals surface area contributed by atoms with Crippen LogP contribution >= 0.6 is 0 Å². The standard InChI is InChI=1S/C15H23N3O2/c1-10-13(16)5-4-6-14(10)17-15(19)11(2)18-8-7-12(9-18)20-3/h4-6,11-12H,7-9,16H2,1-3H3,(H,17,19). The predicted molar refractivity (Wildman–Crippen MR) is 80.7 cm³/mol. The smallest absolute Gasteiger partial charge is 0.241 e. The van der Waals surface area contributed by atoms with Gasteiger partial charge in [0.15, 0.2) is 0 Å². The monoisotopic (exact) mass is 277 g/mol. The van der Waals surface area contributed by atoms with Gasteiger partial charge in [0, 0.05) is 31.6 Å². The first-order valence-corrected chi connectivity index (χ1v) is 6.95. The van der Waals surface area contributed by atoms with Crippen LogP contribution in [-0.2, 0) is 9.53 Å². The molecule has 5 nitrogen and oxygen atoms in total. The second kappa shape index (κ2) is 6.24. The van der Waals surface area contributed by atoms with Gasteiger partial charge in [0.1, 0.15) is 0 Å². The van der Waals surface area contributed by atoms with Crippen molar-refractivity contribution in [3.05, 3.63) is 23.8 Å². The fourth-order valence-corrected chi connectivity index (χ4v) is 2.49. The van der Waals surface area contributed by atoms with E-state index in [1.54, 1.807) is 7.11 Å². The third-order valence-electron chi connectivity index (χ3n) is 4.07. The predicted octanol–water partition coefficient (Wildman–Crippen LogP) is 1.62. The van der Waals surface area contributed by atoms with Crippen LogP contribution in [0, 0.1) is 6.92 Å². The van der Waals surface area contributed by atoms with E-state index >= 15 is 0 Å². The van der Waals surface area contributed by atoms with Crippen molar-refractivity contribution in [3.8, 4) is 0 Å². The number of amides is 1. The largest absolute Gasteiger partial charge is 0.398 e. The minimum Gasteiger partial charge on any atom is -0.398 e. The molecule has 2 unspecified atom stereocenters. The van der Waals surface area contributed by atoms with E-state index in [4.69, 9.17) is 10.5 Å². The summed E-state index contributed by atoms with van der Waals surface area (Å²) in [6.45, 7) is 5.53. The van der Waals surface area contributed by atoms with E-state index in [0.29, 0.717) is 5.69 Å². The summed E-state index contributed by atoms with van der Waals surface area (Å²) in [5.74, 6) is -0.00421. The van der Waals surface area contributed by atoms with Crippen molar-refractivity contribution in [2.45, 2.75) is 32.4 Å². The Hall–Kier alpha value is -1.59. The molecule has 1 saturated heterocycles. The zero-order valence-corrected chi connectivity index (χ0v) is 12.3. The minimum absolute atomic E-state index is 0.00421. The molecule has 1 aromatic rings. The fourth-order valence-electron chi connectivity index (χ4n) is 2.49. The van der Waals surface area contributed by atoms with Gasteiger partial charge in [0.2, 0.25) is 5.91 Å². The van der Waals surface area contributed by atoms with Crippen molar-refractivity contribution in [1.29, 1.82) is 0 Å². The summed E-state index contributed by atoms with van der Waals surface area (Å²) >= 11 is 0. The number of rotatable bonds is 4. The number of likely N-dealkylation sites (tertiary alicyclic amines) is 1. The van der Waals surface area contributed by atoms with Gasteiger partial charge >= 0.3 is 0 Å². The molecule has 0 saturated carbocycles. The number of carbonyl (C=O) groups excluding carboxylic acids is 1. The molecule has 5 heteroatoms. The van der Waals surface area contributed by atoms with Gasteiger partial charge in [0.05, 0.1) is 12.1 Å². The van der Waals surface area contributed by atoms with Crippen molar-refractivity contribution >= 4 is 17.3 Å². The SMILES string of the molecule is COC1CCN(C(C)C(=O)Nc2cccc(N)c2C)C1. The number of nitrogens with two attached hydrogens (primary N) is 1. The van der Waals surface area contributed by atoms with E-state index in [9.17, 15) is 4.79 Å². The Labute approximate surface area is 120 Å². The molecule has 1 heterocycles. The number of nitrogens with zero attached hydrogens (tertiary/aromatic N) is 1. The number of hydrogen-bond donors (Lipinski definition) is 2. The van der Waals surface area contributed by atoms with Crippen LogP contribution in [0.25, 0.3) is 0 Å². The Kier molecular flexibility index (Phi) is 4.62. The Balaban J connectivity index is 1.99. The second-order valence-corrected chi connectivity index (χ2v) is 5.33. The van der Waals surface area contributed by atoms with Crippen LogP contribution in [0.1, 0.15) is 18.9 Å². The molecule has 1 amide bonds. The van der Waals surface area contributed by atoms with Gasteiger partial charge < -0.3 is 15.8 Å². The Morgan fingerprint density at radius 2 is 2.30 bits per heavy atom. The van der Waals surface area contributed by atoms with E-state index in [1.165, 1.54) is 0 Å². The number of carbonyl (C=O) groups is 1. The summed E-state index contributed by atoms with van der Waals surface area (Å²) in [7, 11) is 1.72. The lowest BCUT2D eigenvalue weighted by atomic mass is 10.1. The van der Waals surface area contributed by atoms with Crippen LogP contribution < -0.4 is 11.1 Å². The van der Waals surface area contributed by atoms with E-state index in [1.807, 2.05) is 32.0 Å². The summed E-state index contributed by atoms with van der Waals surface area (Å²) in [6.07, 6.45) is 1.21. The summed E-state index contributed by atoms with van der Waals surface area (Å²) in [4.78, 5) is 14.5. The lowest BCUT2D eigenvalue weighted by Gasteiger charge is -2.23. The first kappa shape index (κ1) is 14.8. The maximum Gasteiger partial charge on any atom is 0.241 e. The maximum absolute atomic E-state index is 12.3. The van der Waals surface area contributed by atoms with Gasteiger partial charge in [-0.05, 0) is 38.0 Å². The van der Waals surface area contributed by atoms with Crippen LogP contribution in [0.2, 0.25) is 0 Å². The van der Waals surface area contributed by atoms with Crippen LogP contribution in [0.15, 0.2) is 18.2 Å². The molecule has 1 fully saturated rings. The Morgan fingerprint density at radius 3 is 2.95 bits per heavy atom. The average Bonchev–Trinajstić information content (AvgIpc) is 2.91. The normalized spacial score (nSPS) is 20.9. The molecule has 2 atom stereocenters. The first-order chi connectivity index (χ1) is 9.52. The van der Waals surface area contributed by atoms with E-state index in [2.05, 4.69) is 10.2 Å². The average molecular weight is 277 g/mol. The Bertz CT molecular complexity index is 490. The molecular formula is C15H23N3O2. The highest BCUT2D eigenvalue weighted by Gasteiger charge is 2.29. The van der Waals surface area contributed by atoms with Crippen LogP contribution in [-0.4, -0.2) is 43.2 Å². The number of nitrogen functional groups attached to an aromatic ring is 1. The molecule has 20 heavy (non-hydrogen) atoms. The van der Waals surface area contributed by atoms with Crippen molar-refractivity contribution in [2.24, 2.45) is 0 Å². The fraction of sp³-hybridized carbons (Fsp3) is 0.533. The third kappa shape index (κ3) is 3.11. The molecule has 1 aliphatic heterocycles. The lowest BCUT2D eigenvalue weighted by Crippen LogP contribution is -2.41. The quantitative estimate of drug-likeness (QED) is 0.821. The van der Waals surface area contributed by atoms with E-state index < -0.39 is 0 Å². The van der Waals surface area contributed by atoms with Gasteiger partial charge in [-0.2, -0.15) is 0 Å². The van der Waals surface area contributed by atoms with Gasteiger partial charge in [-0.25, -0.2) is 0 Å². The number of benzene rings is 1. The van der Waals surface area contributed by atoms with Crippen LogP contribution in [0.4, 0.5) is 11.4 Å². The molecule has 2 rings (SSSR count). The van der Waals surface area contributed by atoms with Gasteiger partial charge in [0.25, 0.3) is 0 Å². The minimum atomic E-state index is -0.170. The van der Waals surface area contributed by atoms with Gasteiger partial charge in [-0.15, -0.1) is 0 Å². The van der Waals surface area contributed by atoms with Crippen molar-refractivity contribution < 1.29 is 9.53 Å². The number of anilines is 2. The second-order valence-electron chi connectivity index (χ2n) is 5.33. The molecule has 0 aromatic heterocycles. The molecule has 0 aliphatic carbocycles. The molecule has 0 bridgehead atoms. The zero-order valence-electron chi connectivity index (χ0n) is 12.3. The summed E-state index contributed by atoms with van der Waals surface area (Å²) < 4.78 is 5.33. The Morgan fingerprint density at radius 1 is 1.55 bits per heavy atom. The molecular weight excluding hydrogens is 254 g/mol. The highest BCUT2D eigenvalue weighted by Crippen LogP contribution is 2.22. The topological polar surface area (TPSA) is 67.6 Å². The molecule has 1 aliphatic rings. The van der Waals surface area contributed by atoms with Crippen LogP contribution in [0.5, 0.6) is 0 Å². The first-order valence-electron chi connectivity index (χ1n) is 6.95. The highest BCUT2D eigenvalue weighted by molar-refractivity contribution is 5.95. The van der Waals surface area contributed by atoms with Gasteiger partial charge in [-0.3, -0.25) is 9.69 Å². The number of nitrogens with one attached hydrogen (secondary N) is 1. The molecule has 0 radical (unpaired) electrons.